The normalized spacial score (nSPS) is 19.3. The molecule has 0 radical (unpaired) electrons. The van der Waals surface area contributed by atoms with Gasteiger partial charge in [-0.1, -0.05) is 159 Å². The molecule has 2 aliphatic heterocycles. The molecule has 0 fully saturated rings. The number of fused-ring (bicyclic) bond motifs is 9. The third-order valence-electron chi connectivity index (χ3n) is 14.2. The molecule has 4 atom stereocenters. The van der Waals surface area contributed by atoms with Crippen molar-refractivity contribution in [3.05, 3.63) is 229 Å². The van der Waals surface area contributed by atoms with Crippen molar-refractivity contribution in [3.8, 4) is 22.6 Å². The molecule has 0 amide bonds. The number of rotatable bonds is 6. The number of hydrogen-bond acceptors (Lipinski definition) is 2. The fourth-order valence-electron chi connectivity index (χ4n) is 11.2. The van der Waals surface area contributed by atoms with Crippen molar-refractivity contribution in [1.29, 1.82) is 0 Å². The fraction of sp³-hybridized carbons (Fsp3) is 0.117. The number of benzene rings is 8. The summed E-state index contributed by atoms with van der Waals surface area (Å²) in [5, 5.41) is 5.00. The Morgan fingerprint density at radius 1 is 0.531 bits per heavy atom. The van der Waals surface area contributed by atoms with Gasteiger partial charge in [0.15, 0.2) is 0 Å². The number of ether oxygens (including phenoxy) is 1. The Hall–Kier alpha value is -7.69. The topological polar surface area (TPSA) is 31.4 Å². The van der Waals surface area contributed by atoms with Crippen LogP contribution < -0.4 is 4.74 Å². The largest absolute Gasteiger partial charge is 0.485 e. The Bertz CT molecular complexity index is 3570. The Labute approximate surface area is 372 Å². The Morgan fingerprint density at radius 3 is 2.06 bits per heavy atom. The van der Waals surface area contributed by atoms with Gasteiger partial charge in [0, 0.05) is 62.1 Å². The van der Waals surface area contributed by atoms with Crippen molar-refractivity contribution >= 4 is 60.6 Å². The smallest absolute Gasteiger partial charge is 0.128 e. The van der Waals surface area contributed by atoms with Crippen LogP contribution in [0.2, 0.25) is 0 Å². The first-order valence-corrected chi connectivity index (χ1v) is 22.7. The maximum absolute atomic E-state index is 6.36. The van der Waals surface area contributed by atoms with E-state index >= 15 is 0 Å². The van der Waals surface area contributed by atoms with Crippen molar-refractivity contribution in [2.75, 3.05) is 0 Å². The number of para-hydroxylation sites is 3. The van der Waals surface area contributed by atoms with Crippen LogP contribution in [0, 0.1) is 5.92 Å². The van der Waals surface area contributed by atoms with Gasteiger partial charge >= 0.3 is 0 Å². The zero-order chi connectivity index (χ0) is 42.3. The first-order valence-electron chi connectivity index (χ1n) is 22.7. The van der Waals surface area contributed by atoms with Crippen LogP contribution in [0.5, 0.6) is 5.75 Å². The molecule has 2 aromatic heterocycles. The van der Waals surface area contributed by atoms with Gasteiger partial charge in [-0.25, -0.2) is 0 Å². The average Bonchev–Trinajstić information content (AvgIpc) is 4.02. The zero-order valence-electron chi connectivity index (χ0n) is 35.6. The summed E-state index contributed by atoms with van der Waals surface area (Å²) >= 11 is 0. The van der Waals surface area contributed by atoms with Crippen LogP contribution in [0.3, 0.4) is 0 Å². The van der Waals surface area contributed by atoms with Gasteiger partial charge in [-0.3, -0.25) is 4.99 Å². The van der Waals surface area contributed by atoms with Gasteiger partial charge < -0.3 is 13.9 Å². The summed E-state index contributed by atoms with van der Waals surface area (Å²) in [4.78, 5) is 5.57. The molecule has 13 rings (SSSR count). The van der Waals surface area contributed by atoms with E-state index in [-0.39, 0.29) is 12.1 Å². The molecule has 8 aromatic carbocycles. The summed E-state index contributed by atoms with van der Waals surface area (Å²) in [5.41, 5.74) is 17.1. The van der Waals surface area contributed by atoms with Crippen LogP contribution in [0.1, 0.15) is 54.0 Å². The molecular weight excluding hydrogens is 779 g/mol. The second-order valence-electron chi connectivity index (χ2n) is 17.7. The Balaban J connectivity index is 0.934. The van der Waals surface area contributed by atoms with Crippen molar-refractivity contribution in [2.45, 2.75) is 37.8 Å². The summed E-state index contributed by atoms with van der Waals surface area (Å²) in [6.45, 7) is 2.35. The van der Waals surface area contributed by atoms with Crippen molar-refractivity contribution in [2.24, 2.45) is 10.9 Å². The first kappa shape index (κ1) is 36.9. The van der Waals surface area contributed by atoms with Gasteiger partial charge in [-0.05, 0) is 94.8 Å². The summed E-state index contributed by atoms with van der Waals surface area (Å²) in [7, 11) is 0. The summed E-state index contributed by atoms with van der Waals surface area (Å²) in [6.07, 6.45) is 6.55. The third kappa shape index (κ3) is 5.79. The molecule has 4 nitrogen and oxygen atoms in total. The van der Waals surface area contributed by atoms with E-state index in [9.17, 15) is 0 Å². The minimum atomic E-state index is 0.0263. The van der Waals surface area contributed by atoms with Gasteiger partial charge in [-0.2, -0.15) is 0 Å². The van der Waals surface area contributed by atoms with Gasteiger partial charge in [-0.15, -0.1) is 0 Å². The molecule has 0 bridgehead atoms. The quantitative estimate of drug-likeness (QED) is 0.164. The lowest BCUT2D eigenvalue weighted by atomic mass is 9.75. The van der Waals surface area contributed by atoms with Crippen LogP contribution in [-0.2, 0) is 0 Å². The molecule has 4 heteroatoms. The number of allylic oxidation sites excluding steroid dienone is 2. The van der Waals surface area contributed by atoms with E-state index in [1.165, 1.54) is 94.0 Å². The van der Waals surface area contributed by atoms with Gasteiger partial charge in [0.2, 0.25) is 0 Å². The van der Waals surface area contributed by atoms with E-state index in [0.717, 1.165) is 24.3 Å². The lowest BCUT2D eigenvalue weighted by molar-refractivity contribution is 0.279. The van der Waals surface area contributed by atoms with Crippen LogP contribution in [-0.4, -0.2) is 20.9 Å². The van der Waals surface area contributed by atoms with E-state index < -0.39 is 0 Å². The minimum absolute atomic E-state index is 0.0263. The molecule has 3 aliphatic rings. The average molecular weight is 824 g/mol. The third-order valence-corrected chi connectivity index (χ3v) is 14.2. The van der Waals surface area contributed by atoms with E-state index in [2.05, 4.69) is 222 Å². The van der Waals surface area contributed by atoms with E-state index in [1.807, 2.05) is 0 Å². The first-order chi connectivity index (χ1) is 31.7. The maximum atomic E-state index is 6.36. The van der Waals surface area contributed by atoms with Crippen LogP contribution in [0.4, 0.5) is 0 Å². The van der Waals surface area contributed by atoms with Crippen molar-refractivity contribution < 1.29 is 4.74 Å². The summed E-state index contributed by atoms with van der Waals surface area (Å²) in [5.74, 6) is 1.63. The highest BCUT2D eigenvalue weighted by atomic mass is 16.5. The lowest BCUT2D eigenvalue weighted by Crippen LogP contribution is -2.27. The second kappa shape index (κ2) is 14.7. The van der Waals surface area contributed by atoms with Crippen LogP contribution in [0.25, 0.3) is 71.7 Å². The monoisotopic (exact) mass is 823 g/mol. The molecule has 0 saturated heterocycles. The van der Waals surface area contributed by atoms with Gasteiger partial charge in [0.25, 0.3) is 0 Å². The predicted octanol–water partition coefficient (Wildman–Crippen LogP) is 15.0. The number of hydrogen-bond donors (Lipinski definition) is 0. The highest BCUT2D eigenvalue weighted by Crippen LogP contribution is 2.46. The summed E-state index contributed by atoms with van der Waals surface area (Å²) < 4.78 is 11.3. The van der Waals surface area contributed by atoms with Crippen molar-refractivity contribution in [3.63, 3.8) is 0 Å². The highest BCUT2D eigenvalue weighted by Gasteiger charge is 2.34. The molecule has 1 aliphatic carbocycles. The number of aliphatic imine (C=N–C) groups is 1. The minimum Gasteiger partial charge on any atom is -0.485 e. The van der Waals surface area contributed by atoms with E-state index in [1.54, 1.807) is 0 Å². The highest BCUT2D eigenvalue weighted by molar-refractivity contribution is 6.18. The maximum Gasteiger partial charge on any atom is 0.128 e. The SMILES string of the molecule is CC1C(c2ccccc2)=NC(c2cccc(-n3c4ccccc4c4c(-c5ccc6c(c5)c5ccccc5n6C5=CCC6Oc7ccccc7C6=C5)cccc43)c2)CC1c1ccccc1. The summed E-state index contributed by atoms with van der Waals surface area (Å²) in [6, 6.07) is 71.1. The van der Waals surface area contributed by atoms with E-state index in [4.69, 9.17) is 9.73 Å². The van der Waals surface area contributed by atoms with Gasteiger partial charge in [0.1, 0.15) is 11.9 Å². The van der Waals surface area contributed by atoms with Crippen molar-refractivity contribution in [1.82, 2.24) is 9.13 Å². The molecule has 0 saturated carbocycles. The second-order valence-corrected chi connectivity index (χ2v) is 17.7. The predicted molar refractivity (Wildman–Crippen MR) is 266 cm³/mol. The Morgan fingerprint density at radius 2 is 1.20 bits per heavy atom. The lowest BCUT2D eigenvalue weighted by Gasteiger charge is -2.34. The molecule has 64 heavy (non-hydrogen) atoms. The van der Waals surface area contributed by atoms with Crippen LogP contribution >= 0.6 is 0 Å². The molecule has 0 spiro atoms. The number of aromatic nitrogens is 2. The van der Waals surface area contributed by atoms with Crippen LogP contribution in [0.15, 0.2) is 211 Å². The molecule has 4 heterocycles. The van der Waals surface area contributed by atoms with E-state index in [0.29, 0.717) is 11.8 Å². The molecule has 4 unspecified atom stereocenters. The molecule has 0 N–H and O–H groups in total. The zero-order valence-corrected chi connectivity index (χ0v) is 35.6. The fourth-order valence-corrected chi connectivity index (χ4v) is 11.2. The molecule has 10 aromatic rings. The standard InChI is InChI=1S/C60H45N3O/c1-38-49(39-16-4-2-5-17-39)37-52(61-60(38)40-18-6-3-7-19-40)42-20-14-21-43(34-42)63-54-27-12-9-24-48(54)59-45(25-15-28-56(59)63)41-30-32-55-50(35-41)46-22-8-11-26-53(46)62(55)44-31-33-58-51(36-44)47-23-10-13-29-57(47)64-58/h2-32,34-36,38,49,52,58H,33,37H2,1H3. The van der Waals surface area contributed by atoms with Gasteiger partial charge in [0.05, 0.1) is 28.1 Å². The number of nitrogens with zero attached hydrogens (tertiary/aromatic N) is 3. The molecule has 306 valence electrons. The molecular formula is C60H45N3O. The Kier molecular flexibility index (Phi) is 8.49.